The Hall–Kier alpha value is -1.33. The van der Waals surface area contributed by atoms with Crippen molar-refractivity contribution in [3.8, 4) is 5.75 Å². The molecule has 0 radical (unpaired) electrons. The smallest absolute Gasteiger partial charge is 0.256 e. The SMILES string of the molecule is COc1cc(Br)cc(C)c1NC(=O)c1cccc(C)c1Br. The molecule has 0 aliphatic heterocycles. The Bertz CT molecular complexity index is 699. The first-order valence-corrected chi connectivity index (χ1v) is 7.93. The number of carbonyl (C=O) groups excluding carboxylic acids is 1. The molecule has 0 bridgehead atoms. The highest BCUT2D eigenvalue weighted by molar-refractivity contribution is 9.10. The first-order chi connectivity index (χ1) is 9.93. The molecule has 0 saturated carbocycles. The Kier molecular flexibility index (Phi) is 5.06. The van der Waals surface area contributed by atoms with Gasteiger partial charge in [-0.2, -0.15) is 0 Å². The number of anilines is 1. The standard InChI is InChI=1S/C16H15Br2NO2/c1-9-5-4-6-12(14(9)18)16(20)19-15-10(2)7-11(17)8-13(15)21-3/h4-8H,1-3H3,(H,19,20). The molecule has 3 nitrogen and oxygen atoms in total. The van der Waals surface area contributed by atoms with Crippen molar-refractivity contribution in [3.05, 3.63) is 56.0 Å². The minimum absolute atomic E-state index is 0.172. The lowest BCUT2D eigenvalue weighted by molar-refractivity contribution is 0.102. The number of amides is 1. The number of benzene rings is 2. The van der Waals surface area contributed by atoms with Crippen molar-refractivity contribution in [1.82, 2.24) is 0 Å². The predicted octanol–water partition coefficient (Wildman–Crippen LogP) is 5.09. The largest absolute Gasteiger partial charge is 0.495 e. The lowest BCUT2D eigenvalue weighted by Gasteiger charge is -2.14. The van der Waals surface area contributed by atoms with Crippen LogP contribution in [0.4, 0.5) is 5.69 Å². The highest BCUT2D eigenvalue weighted by Crippen LogP contribution is 2.33. The van der Waals surface area contributed by atoms with E-state index in [1.807, 2.05) is 38.1 Å². The molecular formula is C16H15Br2NO2. The molecule has 0 saturated heterocycles. The first kappa shape index (κ1) is 16.0. The van der Waals surface area contributed by atoms with E-state index in [-0.39, 0.29) is 5.91 Å². The zero-order valence-electron chi connectivity index (χ0n) is 12.0. The molecular weight excluding hydrogens is 398 g/mol. The summed E-state index contributed by atoms with van der Waals surface area (Å²) in [5, 5.41) is 2.93. The highest BCUT2D eigenvalue weighted by Gasteiger charge is 2.15. The van der Waals surface area contributed by atoms with E-state index in [1.165, 1.54) is 0 Å². The maximum Gasteiger partial charge on any atom is 0.256 e. The van der Waals surface area contributed by atoms with Crippen LogP contribution in [0, 0.1) is 13.8 Å². The fraction of sp³-hybridized carbons (Fsp3) is 0.188. The van der Waals surface area contributed by atoms with E-state index in [0.717, 1.165) is 20.1 Å². The molecule has 1 N–H and O–H groups in total. The minimum Gasteiger partial charge on any atom is -0.495 e. The maximum absolute atomic E-state index is 12.5. The Morgan fingerprint density at radius 2 is 1.86 bits per heavy atom. The predicted molar refractivity (Wildman–Crippen MR) is 92.3 cm³/mol. The number of ether oxygens (including phenoxy) is 1. The Morgan fingerprint density at radius 1 is 1.14 bits per heavy atom. The molecule has 0 heterocycles. The Balaban J connectivity index is 2.38. The van der Waals surface area contributed by atoms with Gasteiger partial charge in [-0.25, -0.2) is 0 Å². The van der Waals surface area contributed by atoms with Crippen molar-refractivity contribution in [2.24, 2.45) is 0 Å². The molecule has 21 heavy (non-hydrogen) atoms. The summed E-state index contributed by atoms with van der Waals surface area (Å²) in [7, 11) is 1.58. The molecule has 2 aromatic carbocycles. The van der Waals surface area contributed by atoms with Gasteiger partial charge in [-0.15, -0.1) is 0 Å². The van der Waals surface area contributed by atoms with Crippen LogP contribution in [0.1, 0.15) is 21.5 Å². The van der Waals surface area contributed by atoms with Gasteiger partial charge in [0.2, 0.25) is 0 Å². The van der Waals surface area contributed by atoms with Crippen molar-refractivity contribution in [3.63, 3.8) is 0 Å². The molecule has 2 aromatic rings. The minimum atomic E-state index is -0.172. The quantitative estimate of drug-likeness (QED) is 0.762. The second-order valence-corrected chi connectivity index (χ2v) is 6.40. The van der Waals surface area contributed by atoms with Crippen molar-refractivity contribution < 1.29 is 9.53 Å². The zero-order valence-corrected chi connectivity index (χ0v) is 15.1. The van der Waals surface area contributed by atoms with Gasteiger partial charge in [-0.1, -0.05) is 28.1 Å². The van der Waals surface area contributed by atoms with Crippen LogP contribution in [-0.4, -0.2) is 13.0 Å². The van der Waals surface area contributed by atoms with E-state index in [2.05, 4.69) is 37.2 Å². The summed E-state index contributed by atoms with van der Waals surface area (Å²) in [5.41, 5.74) is 3.22. The number of carbonyl (C=O) groups is 1. The molecule has 5 heteroatoms. The van der Waals surface area contributed by atoms with Gasteiger partial charge in [-0.3, -0.25) is 4.79 Å². The number of hydrogen-bond acceptors (Lipinski definition) is 2. The van der Waals surface area contributed by atoms with Crippen molar-refractivity contribution in [1.29, 1.82) is 0 Å². The van der Waals surface area contributed by atoms with E-state index in [1.54, 1.807) is 13.2 Å². The van der Waals surface area contributed by atoms with Crippen molar-refractivity contribution in [2.45, 2.75) is 13.8 Å². The van der Waals surface area contributed by atoms with Gasteiger partial charge in [0.05, 0.1) is 18.4 Å². The molecule has 0 aromatic heterocycles. The Labute approximate surface area is 141 Å². The van der Waals surface area contributed by atoms with Gasteiger partial charge in [0.25, 0.3) is 5.91 Å². The van der Waals surface area contributed by atoms with Gasteiger partial charge < -0.3 is 10.1 Å². The van der Waals surface area contributed by atoms with Crippen molar-refractivity contribution in [2.75, 3.05) is 12.4 Å². The second kappa shape index (κ2) is 6.62. The summed E-state index contributed by atoms with van der Waals surface area (Å²) in [6.07, 6.45) is 0. The number of rotatable bonds is 3. The molecule has 2 rings (SSSR count). The third-order valence-electron chi connectivity index (χ3n) is 3.16. The van der Waals surface area contributed by atoms with Crippen LogP contribution >= 0.6 is 31.9 Å². The van der Waals surface area contributed by atoms with Crippen LogP contribution in [0.2, 0.25) is 0 Å². The van der Waals surface area contributed by atoms with Crippen LogP contribution in [-0.2, 0) is 0 Å². The summed E-state index contributed by atoms with van der Waals surface area (Å²) in [5.74, 6) is 0.452. The fourth-order valence-electron chi connectivity index (χ4n) is 2.04. The number of halogens is 2. The third kappa shape index (κ3) is 3.47. The van der Waals surface area contributed by atoms with Crippen LogP contribution in [0.3, 0.4) is 0 Å². The second-order valence-electron chi connectivity index (χ2n) is 4.69. The number of aryl methyl sites for hydroxylation is 2. The molecule has 1 amide bonds. The van der Waals surface area contributed by atoms with Gasteiger partial charge in [0.1, 0.15) is 5.75 Å². The van der Waals surface area contributed by atoms with Crippen LogP contribution in [0.5, 0.6) is 5.75 Å². The highest BCUT2D eigenvalue weighted by atomic mass is 79.9. The topological polar surface area (TPSA) is 38.3 Å². The number of methoxy groups -OCH3 is 1. The molecule has 0 aliphatic rings. The average Bonchev–Trinajstić information content (AvgIpc) is 2.44. The maximum atomic E-state index is 12.5. The summed E-state index contributed by atoms with van der Waals surface area (Å²) >= 11 is 6.88. The summed E-state index contributed by atoms with van der Waals surface area (Å²) in [6, 6.07) is 9.36. The fourth-order valence-corrected chi connectivity index (χ4v) is 3.03. The van der Waals surface area contributed by atoms with Gasteiger partial charge >= 0.3 is 0 Å². The average molecular weight is 413 g/mol. The van der Waals surface area contributed by atoms with E-state index in [9.17, 15) is 4.79 Å². The van der Waals surface area contributed by atoms with Gasteiger partial charge in [0.15, 0.2) is 0 Å². The van der Waals surface area contributed by atoms with Crippen LogP contribution in [0.15, 0.2) is 39.3 Å². The molecule has 0 spiro atoms. The molecule has 0 atom stereocenters. The third-order valence-corrected chi connectivity index (χ3v) is 4.67. The van der Waals surface area contributed by atoms with Gasteiger partial charge in [-0.05, 0) is 59.1 Å². The number of nitrogens with one attached hydrogen (secondary N) is 1. The molecule has 110 valence electrons. The number of hydrogen-bond donors (Lipinski definition) is 1. The van der Waals surface area contributed by atoms with Gasteiger partial charge in [0, 0.05) is 8.95 Å². The Morgan fingerprint density at radius 3 is 2.52 bits per heavy atom. The normalized spacial score (nSPS) is 10.3. The monoisotopic (exact) mass is 411 g/mol. The van der Waals surface area contributed by atoms with E-state index in [0.29, 0.717) is 17.0 Å². The summed E-state index contributed by atoms with van der Waals surface area (Å²) in [4.78, 5) is 12.5. The molecule has 0 fully saturated rings. The zero-order chi connectivity index (χ0) is 15.6. The molecule has 0 aliphatic carbocycles. The molecule has 0 unspecified atom stereocenters. The van der Waals surface area contributed by atoms with Crippen molar-refractivity contribution >= 4 is 43.5 Å². The van der Waals surface area contributed by atoms with E-state index >= 15 is 0 Å². The van der Waals surface area contributed by atoms with Crippen LogP contribution < -0.4 is 10.1 Å². The first-order valence-electron chi connectivity index (χ1n) is 6.34. The van der Waals surface area contributed by atoms with E-state index < -0.39 is 0 Å². The lowest BCUT2D eigenvalue weighted by Crippen LogP contribution is -2.14. The summed E-state index contributed by atoms with van der Waals surface area (Å²) < 4.78 is 7.05. The summed E-state index contributed by atoms with van der Waals surface area (Å²) in [6.45, 7) is 3.88. The van der Waals surface area contributed by atoms with Crippen LogP contribution in [0.25, 0.3) is 0 Å². The van der Waals surface area contributed by atoms with E-state index in [4.69, 9.17) is 4.74 Å². The lowest BCUT2D eigenvalue weighted by atomic mass is 10.1.